The van der Waals surface area contributed by atoms with Gasteiger partial charge in [0.05, 0.1) is 11.4 Å². The molecular formula is C18H22ClN3O2. The van der Waals surface area contributed by atoms with Crippen LogP contribution in [0.15, 0.2) is 36.4 Å². The first-order valence-electron chi connectivity index (χ1n) is 7.77. The smallest absolute Gasteiger partial charge is 0.246 e. The van der Waals surface area contributed by atoms with E-state index in [1.54, 1.807) is 29.8 Å². The van der Waals surface area contributed by atoms with Gasteiger partial charge >= 0.3 is 0 Å². The van der Waals surface area contributed by atoms with E-state index < -0.39 is 0 Å². The van der Waals surface area contributed by atoms with E-state index in [2.05, 4.69) is 5.10 Å². The molecule has 128 valence electrons. The Hall–Kier alpha value is -2.11. The van der Waals surface area contributed by atoms with Crippen molar-refractivity contribution < 1.29 is 9.53 Å². The van der Waals surface area contributed by atoms with Crippen molar-refractivity contribution in [1.82, 2.24) is 14.7 Å². The second-order valence-corrected chi connectivity index (χ2v) is 5.83. The molecule has 0 spiro atoms. The zero-order chi connectivity index (χ0) is 17.5. The Balaban J connectivity index is 2.13. The highest BCUT2D eigenvalue weighted by molar-refractivity contribution is 6.31. The van der Waals surface area contributed by atoms with E-state index in [-0.39, 0.29) is 5.91 Å². The molecule has 0 atom stereocenters. The normalized spacial score (nSPS) is 11.2. The number of rotatable bonds is 7. The molecule has 0 radical (unpaired) electrons. The van der Waals surface area contributed by atoms with Crippen LogP contribution in [0, 0.1) is 6.92 Å². The minimum Gasteiger partial charge on any atom is -0.385 e. The summed E-state index contributed by atoms with van der Waals surface area (Å²) in [7, 11) is 3.42. The van der Waals surface area contributed by atoms with Gasteiger partial charge in [0.2, 0.25) is 5.91 Å². The third-order valence-electron chi connectivity index (χ3n) is 3.66. The van der Waals surface area contributed by atoms with Gasteiger partial charge < -0.3 is 9.64 Å². The molecule has 0 aliphatic heterocycles. The van der Waals surface area contributed by atoms with Crippen LogP contribution < -0.4 is 0 Å². The summed E-state index contributed by atoms with van der Waals surface area (Å²) in [5, 5.41) is 4.95. The van der Waals surface area contributed by atoms with Gasteiger partial charge in [0.1, 0.15) is 5.15 Å². The van der Waals surface area contributed by atoms with Crippen LogP contribution in [-0.2, 0) is 9.53 Å². The van der Waals surface area contributed by atoms with Gasteiger partial charge in [-0.05, 0) is 31.6 Å². The quantitative estimate of drug-likeness (QED) is 0.570. The number of hydrogen-bond donors (Lipinski definition) is 0. The number of halogens is 1. The monoisotopic (exact) mass is 347 g/mol. The number of carbonyl (C=O) groups is 1. The van der Waals surface area contributed by atoms with Crippen molar-refractivity contribution in [1.29, 1.82) is 0 Å². The Morgan fingerprint density at radius 1 is 1.38 bits per heavy atom. The molecular weight excluding hydrogens is 326 g/mol. The molecule has 0 saturated carbocycles. The lowest BCUT2D eigenvalue weighted by atomic mass is 10.2. The Kier molecular flexibility index (Phi) is 6.58. The van der Waals surface area contributed by atoms with Crippen molar-refractivity contribution in [3.8, 4) is 5.69 Å². The van der Waals surface area contributed by atoms with Crippen molar-refractivity contribution in [2.24, 2.45) is 0 Å². The molecule has 6 heteroatoms. The van der Waals surface area contributed by atoms with Crippen LogP contribution in [0.1, 0.15) is 17.7 Å². The van der Waals surface area contributed by atoms with Crippen LogP contribution in [0.5, 0.6) is 0 Å². The maximum absolute atomic E-state index is 12.1. The molecule has 24 heavy (non-hydrogen) atoms. The van der Waals surface area contributed by atoms with Crippen LogP contribution in [-0.4, -0.2) is 47.9 Å². The molecule has 5 nitrogen and oxygen atoms in total. The van der Waals surface area contributed by atoms with Crippen molar-refractivity contribution in [3.63, 3.8) is 0 Å². The van der Waals surface area contributed by atoms with Gasteiger partial charge in [-0.2, -0.15) is 5.10 Å². The molecule has 0 fully saturated rings. The molecule has 0 saturated heterocycles. The van der Waals surface area contributed by atoms with Crippen molar-refractivity contribution >= 4 is 23.6 Å². The van der Waals surface area contributed by atoms with E-state index in [1.165, 1.54) is 6.08 Å². The standard InChI is InChI=1S/C18H22ClN3O2/c1-14-16(10-11-17(23)21(2)12-7-13-24-3)18(19)22(20-14)15-8-5-4-6-9-15/h4-6,8-11H,7,12-13H2,1-3H3/b11-10+. The number of aromatic nitrogens is 2. The van der Waals surface area contributed by atoms with E-state index in [0.717, 1.165) is 23.4 Å². The molecule has 1 aromatic carbocycles. The molecule has 0 aliphatic carbocycles. The number of likely N-dealkylation sites (N-methyl/N-ethyl adjacent to an activating group) is 1. The lowest BCUT2D eigenvalue weighted by Gasteiger charge is -2.14. The summed E-state index contributed by atoms with van der Waals surface area (Å²) < 4.78 is 6.66. The van der Waals surface area contributed by atoms with Gasteiger partial charge in [0, 0.05) is 38.9 Å². The van der Waals surface area contributed by atoms with Gasteiger partial charge in [-0.15, -0.1) is 0 Å². The van der Waals surface area contributed by atoms with Gasteiger partial charge in [0.15, 0.2) is 0 Å². The number of nitrogens with zero attached hydrogens (tertiary/aromatic N) is 3. The van der Waals surface area contributed by atoms with Crippen molar-refractivity contribution in [2.75, 3.05) is 27.3 Å². The minimum absolute atomic E-state index is 0.0750. The number of benzene rings is 1. The summed E-state index contributed by atoms with van der Waals surface area (Å²) in [6.07, 6.45) is 4.05. The summed E-state index contributed by atoms with van der Waals surface area (Å²) in [6.45, 7) is 3.15. The lowest BCUT2D eigenvalue weighted by molar-refractivity contribution is -0.124. The fourth-order valence-corrected chi connectivity index (χ4v) is 2.61. The molecule has 1 amide bonds. The number of ether oxygens (including phenoxy) is 1. The van der Waals surface area contributed by atoms with Crippen LogP contribution in [0.4, 0.5) is 0 Å². The molecule has 0 N–H and O–H groups in total. The Morgan fingerprint density at radius 3 is 2.75 bits per heavy atom. The first-order valence-corrected chi connectivity index (χ1v) is 8.15. The third kappa shape index (κ3) is 4.46. The fourth-order valence-electron chi connectivity index (χ4n) is 2.28. The van der Waals surface area contributed by atoms with Crippen molar-refractivity contribution in [2.45, 2.75) is 13.3 Å². The Bertz CT molecular complexity index is 711. The molecule has 1 aromatic heterocycles. The average Bonchev–Trinajstić information content (AvgIpc) is 2.88. The van der Waals surface area contributed by atoms with Gasteiger partial charge in [-0.25, -0.2) is 4.68 Å². The lowest BCUT2D eigenvalue weighted by Crippen LogP contribution is -2.26. The summed E-state index contributed by atoms with van der Waals surface area (Å²) in [6, 6.07) is 9.65. The van der Waals surface area contributed by atoms with E-state index in [4.69, 9.17) is 16.3 Å². The number of amides is 1. The highest BCUT2D eigenvalue weighted by atomic mass is 35.5. The minimum atomic E-state index is -0.0750. The van der Waals surface area contributed by atoms with E-state index >= 15 is 0 Å². The second-order valence-electron chi connectivity index (χ2n) is 5.48. The van der Waals surface area contributed by atoms with E-state index in [9.17, 15) is 4.79 Å². The van der Waals surface area contributed by atoms with Crippen LogP contribution in [0.2, 0.25) is 5.15 Å². The fraction of sp³-hybridized carbons (Fsp3) is 0.333. The first kappa shape index (κ1) is 18.2. The SMILES string of the molecule is COCCCN(C)C(=O)/C=C/c1c(C)nn(-c2ccccc2)c1Cl. The van der Waals surface area contributed by atoms with Gasteiger partial charge in [0.25, 0.3) is 0 Å². The van der Waals surface area contributed by atoms with Crippen LogP contribution >= 0.6 is 11.6 Å². The summed E-state index contributed by atoms with van der Waals surface area (Å²) in [5.74, 6) is -0.0750. The zero-order valence-corrected chi connectivity index (χ0v) is 15.0. The highest BCUT2D eigenvalue weighted by Gasteiger charge is 2.13. The summed E-state index contributed by atoms with van der Waals surface area (Å²) >= 11 is 6.44. The molecule has 2 rings (SSSR count). The van der Waals surface area contributed by atoms with E-state index in [1.807, 2.05) is 37.3 Å². The topological polar surface area (TPSA) is 47.4 Å². The maximum atomic E-state index is 12.1. The molecule has 2 aromatic rings. The zero-order valence-electron chi connectivity index (χ0n) is 14.2. The Morgan fingerprint density at radius 2 is 2.08 bits per heavy atom. The van der Waals surface area contributed by atoms with Crippen LogP contribution in [0.3, 0.4) is 0 Å². The molecule has 0 bridgehead atoms. The van der Waals surface area contributed by atoms with Crippen LogP contribution in [0.25, 0.3) is 11.8 Å². The number of hydrogen-bond acceptors (Lipinski definition) is 3. The Labute approximate surface area is 147 Å². The molecule has 0 unspecified atom stereocenters. The second kappa shape index (κ2) is 8.66. The number of methoxy groups -OCH3 is 1. The molecule has 1 heterocycles. The average molecular weight is 348 g/mol. The number of carbonyl (C=O) groups excluding carboxylic acids is 1. The van der Waals surface area contributed by atoms with Gasteiger partial charge in [-0.1, -0.05) is 29.8 Å². The highest BCUT2D eigenvalue weighted by Crippen LogP contribution is 2.24. The third-order valence-corrected chi connectivity index (χ3v) is 4.02. The predicted octanol–water partition coefficient (Wildman–Crippen LogP) is 3.34. The first-order chi connectivity index (χ1) is 11.5. The maximum Gasteiger partial charge on any atom is 0.246 e. The summed E-state index contributed by atoms with van der Waals surface area (Å²) in [4.78, 5) is 13.8. The largest absolute Gasteiger partial charge is 0.385 e. The van der Waals surface area contributed by atoms with Gasteiger partial charge in [-0.3, -0.25) is 4.79 Å². The van der Waals surface area contributed by atoms with Crippen molar-refractivity contribution in [3.05, 3.63) is 52.8 Å². The van der Waals surface area contributed by atoms with E-state index in [0.29, 0.717) is 18.3 Å². The number of aryl methyl sites for hydroxylation is 1. The predicted molar refractivity (Wildman–Crippen MR) is 96.5 cm³/mol. The summed E-state index contributed by atoms with van der Waals surface area (Å²) in [5.41, 5.74) is 2.40. The molecule has 0 aliphatic rings. The number of para-hydroxylation sites is 1.